The molecule has 2 aromatic rings. The van der Waals surface area contributed by atoms with Gasteiger partial charge < -0.3 is 5.32 Å². The molecule has 0 saturated heterocycles. The Kier molecular flexibility index (Phi) is 4.83. The average molecular weight is 374 g/mol. The molecule has 1 aliphatic heterocycles. The maximum absolute atomic E-state index is 12.6. The van der Waals surface area contributed by atoms with Crippen LogP contribution in [-0.4, -0.2) is 29.2 Å². The molecule has 1 aromatic heterocycles. The fraction of sp³-hybridized carbons (Fsp3) is 0.176. The number of carbonyl (C=O) groups is 3. The third-order valence-electron chi connectivity index (χ3n) is 3.71. The molecule has 6 nitrogen and oxygen atoms in total. The molecule has 1 N–H and O–H groups in total. The Morgan fingerprint density at radius 2 is 2.04 bits per heavy atom. The van der Waals surface area contributed by atoms with E-state index in [1.54, 1.807) is 30.3 Å². The van der Waals surface area contributed by atoms with Crippen LogP contribution in [0.15, 0.2) is 30.3 Å². The number of nitriles is 1. The normalized spacial score (nSPS) is 12.9. The number of nitrogens with one attached hydrogen (secondary N) is 1. The van der Waals surface area contributed by atoms with Crippen molar-refractivity contribution in [2.45, 2.75) is 12.8 Å². The number of rotatable bonds is 5. The Bertz CT molecular complexity index is 916. The topological polar surface area (TPSA) is 90.3 Å². The van der Waals surface area contributed by atoms with Gasteiger partial charge in [-0.1, -0.05) is 17.7 Å². The maximum atomic E-state index is 12.6. The molecule has 0 spiro atoms. The molecule has 126 valence electrons. The Morgan fingerprint density at radius 1 is 1.24 bits per heavy atom. The van der Waals surface area contributed by atoms with Crippen LogP contribution in [0.3, 0.4) is 0 Å². The van der Waals surface area contributed by atoms with Crippen LogP contribution < -0.4 is 5.32 Å². The van der Waals surface area contributed by atoms with Crippen molar-refractivity contribution in [3.8, 4) is 6.07 Å². The molecule has 0 bridgehead atoms. The largest absolute Gasteiger partial charge is 0.321 e. The molecule has 0 saturated carbocycles. The molecule has 1 aromatic carbocycles. The van der Waals surface area contributed by atoms with Crippen LogP contribution in [0.1, 0.15) is 43.2 Å². The summed E-state index contributed by atoms with van der Waals surface area (Å²) < 4.78 is 0.485. The molecule has 8 heteroatoms. The number of unbranched alkanes of at least 4 members (excludes halogenated alkanes) is 1. The van der Waals surface area contributed by atoms with Crippen LogP contribution in [0, 0.1) is 11.3 Å². The van der Waals surface area contributed by atoms with Crippen molar-refractivity contribution < 1.29 is 14.4 Å². The molecule has 0 atom stereocenters. The Balaban J connectivity index is 1.86. The van der Waals surface area contributed by atoms with Gasteiger partial charge in [-0.3, -0.25) is 19.3 Å². The quantitative estimate of drug-likeness (QED) is 0.641. The number of hydrogen-bond acceptors (Lipinski definition) is 5. The minimum Gasteiger partial charge on any atom is -0.321 e. The zero-order chi connectivity index (χ0) is 18.0. The van der Waals surface area contributed by atoms with Gasteiger partial charge in [0.05, 0.1) is 32.1 Å². The molecule has 1 aliphatic rings. The van der Waals surface area contributed by atoms with Crippen LogP contribution in [0.5, 0.6) is 0 Å². The number of fused-ring (bicyclic) bond motifs is 1. The molecule has 3 amide bonds. The fourth-order valence-corrected chi connectivity index (χ4v) is 3.52. The maximum Gasteiger partial charge on any atom is 0.265 e. The molecule has 0 radical (unpaired) electrons. The first kappa shape index (κ1) is 17.1. The van der Waals surface area contributed by atoms with Gasteiger partial charge in [-0.2, -0.15) is 5.26 Å². The van der Waals surface area contributed by atoms with Gasteiger partial charge in [0, 0.05) is 13.0 Å². The van der Waals surface area contributed by atoms with E-state index in [0.717, 1.165) is 16.2 Å². The molecule has 2 heterocycles. The van der Waals surface area contributed by atoms with Crippen molar-refractivity contribution in [3.63, 3.8) is 0 Å². The van der Waals surface area contributed by atoms with E-state index in [-0.39, 0.29) is 29.8 Å². The summed E-state index contributed by atoms with van der Waals surface area (Å²) >= 11 is 6.96. The third kappa shape index (κ3) is 3.27. The Morgan fingerprint density at radius 3 is 2.72 bits per heavy atom. The van der Waals surface area contributed by atoms with Crippen LogP contribution in [0.4, 0.5) is 5.69 Å². The SMILES string of the molecule is N#CCCCN1C(=O)c2cccc(NC(=O)c3ccc(Cl)s3)c2C1=O. The first-order valence-electron chi connectivity index (χ1n) is 7.45. The zero-order valence-corrected chi connectivity index (χ0v) is 14.5. The highest BCUT2D eigenvalue weighted by Crippen LogP contribution is 2.30. The highest BCUT2D eigenvalue weighted by atomic mass is 35.5. The van der Waals surface area contributed by atoms with E-state index in [9.17, 15) is 14.4 Å². The number of amides is 3. The Labute approximate surface area is 152 Å². The van der Waals surface area contributed by atoms with Gasteiger partial charge in [-0.15, -0.1) is 11.3 Å². The lowest BCUT2D eigenvalue weighted by Crippen LogP contribution is -2.30. The molecular weight excluding hydrogens is 362 g/mol. The second-order valence-electron chi connectivity index (χ2n) is 5.31. The predicted octanol–water partition coefficient (Wildman–Crippen LogP) is 3.55. The summed E-state index contributed by atoms with van der Waals surface area (Å²) in [6, 6.07) is 9.93. The van der Waals surface area contributed by atoms with Crippen molar-refractivity contribution in [2.75, 3.05) is 11.9 Å². The summed E-state index contributed by atoms with van der Waals surface area (Å²) in [5, 5.41) is 11.3. The fourth-order valence-electron chi connectivity index (χ4n) is 2.58. The summed E-state index contributed by atoms with van der Waals surface area (Å²) in [7, 11) is 0. The number of anilines is 1. The third-order valence-corrected chi connectivity index (χ3v) is 4.94. The van der Waals surface area contributed by atoms with Crippen LogP contribution >= 0.6 is 22.9 Å². The van der Waals surface area contributed by atoms with Crippen molar-refractivity contribution in [2.24, 2.45) is 0 Å². The van der Waals surface area contributed by atoms with Gasteiger partial charge in [-0.05, 0) is 30.7 Å². The predicted molar refractivity (Wildman–Crippen MR) is 93.9 cm³/mol. The van der Waals surface area contributed by atoms with E-state index >= 15 is 0 Å². The highest BCUT2D eigenvalue weighted by molar-refractivity contribution is 7.18. The minimum absolute atomic E-state index is 0.174. The van der Waals surface area contributed by atoms with Gasteiger partial charge in [0.1, 0.15) is 0 Å². The van der Waals surface area contributed by atoms with Crippen LogP contribution in [-0.2, 0) is 0 Å². The number of halogens is 1. The number of carbonyl (C=O) groups excluding carboxylic acids is 3. The first-order valence-corrected chi connectivity index (χ1v) is 8.65. The second kappa shape index (κ2) is 7.05. The summed E-state index contributed by atoms with van der Waals surface area (Å²) in [4.78, 5) is 38.8. The average Bonchev–Trinajstić information content (AvgIpc) is 3.13. The minimum atomic E-state index is -0.460. The second-order valence-corrected chi connectivity index (χ2v) is 7.02. The number of nitrogens with zero attached hydrogens (tertiary/aromatic N) is 2. The van der Waals surface area contributed by atoms with E-state index in [2.05, 4.69) is 5.32 Å². The van der Waals surface area contributed by atoms with Gasteiger partial charge >= 0.3 is 0 Å². The van der Waals surface area contributed by atoms with Crippen LogP contribution in [0.25, 0.3) is 0 Å². The number of thiophene rings is 1. The first-order chi connectivity index (χ1) is 12.0. The smallest absolute Gasteiger partial charge is 0.265 e. The molecule has 0 aliphatic carbocycles. The molecule has 0 unspecified atom stereocenters. The van der Waals surface area contributed by atoms with Crippen LogP contribution in [0.2, 0.25) is 4.34 Å². The zero-order valence-electron chi connectivity index (χ0n) is 12.9. The van der Waals surface area contributed by atoms with E-state index < -0.39 is 17.7 Å². The van der Waals surface area contributed by atoms with E-state index in [1.165, 1.54) is 0 Å². The summed E-state index contributed by atoms with van der Waals surface area (Å²) in [5.41, 5.74) is 0.720. The number of benzene rings is 1. The van der Waals surface area contributed by atoms with Crippen molar-refractivity contribution >= 4 is 46.3 Å². The molecule has 25 heavy (non-hydrogen) atoms. The molecule has 3 rings (SSSR count). The molecular formula is C17H12ClN3O3S. The summed E-state index contributed by atoms with van der Waals surface area (Å²) in [6.45, 7) is 0.174. The van der Waals surface area contributed by atoms with Gasteiger partial charge in [-0.25, -0.2) is 0 Å². The van der Waals surface area contributed by atoms with E-state index in [4.69, 9.17) is 16.9 Å². The van der Waals surface area contributed by atoms with E-state index in [1.807, 2.05) is 6.07 Å². The lowest BCUT2D eigenvalue weighted by molar-refractivity contribution is 0.0653. The highest BCUT2D eigenvalue weighted by Gasteiger charge is 2.37. The van der Waals surface area contributed by atoms with Crippen molar-refractivity contribution in [3.05, 3.63) is 50.7 Å². The van der Waals surface area contributed by atoms with Gasteiger partial charge in [0.25, 0.3) is 17.7 Å². The van der Waals surface area contributed by atoms with Crippen molar-refractivity contribution in [1.82, 2.24) is 4.90 Å². The Hall–Kier alpha value is -2.69. The van der Waals surface area contributed by atoms with Gasteiger partial charge in [0.15, 0.2) is 0 Å². The lowest BCUT2D eigenvalue weighted by atomic mass is 10.1. The molecule has 0 fully saturated rings. The summed E-state index contributed by atoms with van der Waals surface area (Å²) in [5.74, 6) is -1.26. The number of imide groups is 1. The van der Waals surface area contributed by atoms with Crippen molar-refractivity contribution in [1.29, 1.82) is 5.26 Å². The standard InChI is InChI=1S/C17H12ClN3O3S/c18-13-7-6-12(25-13)15(22)20-11-5-3-4-10-14(11)17(24)21(16(10)23)9-2-1-8-19/h3-7H,1-2,9H2,(H,20,22). The number of hydrogen-bond donors (Lipinski definition) is 1. The van der Waals surface area contributed by atoms with Gasteiger partial charge in [0.2, 0.25) is 0 Å². The van der Waals surface area contributed by atoms with E-state index in [0.29, 0.717) is 15.6 Å². The summed E-state index contributed by atoms with van der Waals surface area (Å²) in [6.07, 6.45) is 0.674. The lowest BCUT2D eigenvalue weighted by Gasteiger charge is -2.12. The monoisotopic (exact) mass is 373 g/mol.